The number of nitrogens with zero attached hydrogens (tertiary/aromatic N) is 2. The van der Waals surface area contributed by atoms with Gasteiger partial charge in [-0.15, -0.1) is 0 Å². The van der Waals surface area contributed by atoms with Crippen LogP contribution in [-0.2, 0) is 6.42 Å². The van der Waals surface area contributed by atoms with Gasteiger partial charge in [-0.3, -0.25) is 9.20 Å². The van der Waals surface area contributed by atoms with Gasteiger partial charge in [-0.05, 0) is 61.7 Å². The number of fused-ring (bicyclic) bond motifs is 1. The summed E-state index contributed by atoms with van der Waals surface area (Å²) in [5.74, 6) is -0.153. The zero-order chi connectivity index (χ0) is 17.3. The largest absolute Gasteiger partial charge is 0.320 e. The molecule has 1 N–H and O–H groups in total. The van der Waals surface area contributed by atoms with Crippen LogP contribution < -0.4 is 5.32 Å². The van der Waals surface area contributed by atoms with Crippen LogP contribution in [0.25, 0.3) is 5.65 Å². The smallest absolute Gasteiger partial charge is 0.274 e. The lowest BCUT2D eigenvalue weighted by atomic mass is 10.1. The summed E-state index contributed by atoms with van der Waals surface area (Å²) in [6.07, 6.45) is 3.60. The molecule has 0 aliphatic rings. The van der Waals surface area contributed by atoms with Crippen LogP contribution in [-0.4, -0.2) is 15.3 Å². The average Bonchev–Trinajstić information content (AvgIpc) is 2.87. The number of halogens is 1. The number of aryl methyl sites for hydroxylation is 3. The van der Waals surface area contributed by atoms with Gasteiger partial charge in [-0.25, -0.2) is 4.98 Å². The molecule has 0 atom stereocenters. The molecule has 3 rings (SSSR count). The maximum atomic E-state index is 12.9. The maximum absolute atomic E-state index is 12.9. The Hall–Kier alpha value is -2.33. The first-order valence-corrected chi connectivity index (χ1v) is 8.42. The van der Waals surface area contributed by atoms with E-state index in [2.05, 4.69) is 17.2 Å². The van der Waals surface area contributed by atoms with Crippen LogP contribution in [0.1, 0.15) is 40.7 Å². The van der Waals surface area contributed by atoms with Gasteiger partial charge in [0.25, 0.3) is 5.91 Å². The molecule has 24 heavy (non-hydrogen) atoms. The van der Waals surface area contributed by atoms with Gasteiger partial charge >= 0.3 is 0 Å². The van der Waals surface area contributed by atoms with E-state index in [0.717, 1.165) is 41.0 Å². The second kappa shape index (κ2) is 6.65. The molecule has 0 saturated heterocycles. The van der Waals surface area contributed by atoms with Crippen molar-refractivity contribution >= 4 is 28.8 Å². The molecule has 1 amide bonds. The molecule has 0 spiro atoms. The first-order valence-electron chi connectivity index (χ1n) is 8.04. The van der Waals surface area contributed by atoms with Crippen molar-refractivity contribution in [2.24, 2.45) is 0 Å². The fourth-order valence-corrected chi connectivity index (χ4v) is 3.02. The highest BCUT2D eigenvalue weighted by Gasteiger charge is 2.19. The molecule has 2 heterocycles. The minimum absolute atomic E-state index is 0.153. The molecule has 124 valence electrons. The van der Waals surface area contributed by atoms with Crippen molar-refractivity contribution in [2.45, 2.75) is 33.6 Å². The van der Waals surface area contributed by atoms with Gasteiger partial charge in [-0.1, -0.05) is 24.9 Å². The molecule has 1 aromatic carbocycles. The Morgan fingerprint density at radius 2 is 2.04 bits per heavy atom. The minimum Gasteiger partial charge on any atom is -0.320 e. The molecular weight excluding hydrogens is 322 g/mol. The van der Waals surface area contributed by atoms with E-state index in [-0.39, 0.29) is 5.91 Å². The summed E-state index contributed by atoms with van der Waals surface area (Å²) in [4.78, 5) is 17.5. The highest BCUT2D eigenvalue weighted by Crippen LogP contribution is 2.22. The summed E-state index contributed by atoms with van der Waals surface area (Å²) < 4.78 is 1.86. The van der Waals surface area contributed by atoms with E-state index in [0.29, 0.717) is 10.7 Å². The number of hydrogen-bond donors (Lipinski definition) is 1. The van der Waals surface area contributed by atoms with Crippen LogP contribution in [0.3, 0.4) is 0 Å². The Morgan fingerprint density at radius 3 is 2.75 bits per heavy atom. The van der Waals surface area contributed by atoms with E-state index < -0.39 is 0 Å². The summed E-state index contributed by atoms with van der Waals surface area (Å²) in [6, 6.07) is 9.40. The molecule has 0 fully saturated rings. The summed E-state index contributed by atoms with van der Waals surface area (Å²) in [5.41, 5.74) is 5.03. The number of carbonyl (C=O) groups is 1. The first-order chi connectivity index (χ1) is 11.5. The summed E-state index contributed by atoms with van der Waals surface area (Å²) in [5, 5.41) is 3.64. The van der Waals surface area contributed by atoms with Gasteiger partial charge in [0, 0.05) is 16.9 Å². The van der Waals surface area contributed by atoms with Crippen LogP contribution in [0.2, 0.25) is 5.02 Å². The van der Waals surface area contributed by atoms with Crippen LogP contribution >= 0.6 is 11.6 Å². The van der Waals surface area contributed by atoms with Crippen LogP contribution in [0, 0.1) is 13.8 Å². The fourth-order valence-electron chi connectivity index (χ4n) is 2.80. The van der Waals surface area contributed by atoms with Gasteiger partial charge in [0.1, 0.15) is 11.3 Å². The quantitative estimate of drug-likeness (QED) is 0.740. The molecule has 0 radical (unpaired) electrons. The standard InChI is InChI=1S/C19H20ClN3O/c1-4-5-16-18(23-9-8-12(2)10-17(23)21-16)19(24)22-15-7-6-14(20)11-13(15)3/h6-11H,4-5H2,1-3H3,(H,22,24). The molecule has 0 aliphatic heterocycles. The Kier molecular flexibility index (Phi) is 4.58. The van der Waals surface area contributed by atoms with Gasteiger partial charge in [-0.2, -0.15) is 0 Å². The van der Waals surface area contributed by atoms with E-state index in [1.165, 1.54) is 0 Å². The van der Waals surface area contributed by atoms with Crippen molar-refractivity contribution in [1.29, 1.82) is 0 Å². The van der Waals surface area contributed by atoms with E-state index in [9.17, 15) is 4.79 Å². The van der Waals surface area contributed by atoms with Gasteiger partial charge in [0.2, 0.25) is 0 Å². The molecule has 0 bridgehead atoms. The van der Waals surface area contributed by atoms with Crippen molar-refractivity contribution < 1.29 is 4.79 Å². The summed E-state index contributed by atoms with van der Waals surface area (Å²) in [6.45, 7) is 6.03. The molecule has 0 aliphatic carbocycles. The summed E-state index contributed by atoms with van der Waals surface area (Å²) in [7, 11) is 0. The Balaban J connectivity index is 2.03. The Bertz CT molecular complexity index is 914. The zero-order valence-electron chi connectivity index (χ0n) is 14.1. The summed E-state index contributed by atoms with van der Waals surface area (Å²) >= 11 is 5.99. The SMILES string of the molecule is CCCc1nc2cc(C)ccn2c1C(=O)Nc1ccc(Cl)cc1C. The number of imidazole rings is 1. The molecule has 4 nitrogen and oxygen atoms in total. The fraction of sp³-hybridized carbons (Fsp3) is 0.263. The Morgan fingerprint density at radius 1 is 1.25 bits per heavy atom. The number of rotatable bonds is 4. The van der Waals surface area contributed by atoms with Crippen LogP contribution in [0.5, 0.6) is 0 Å². The van der Waals surface area contributed by atoms with E-state index in [4.69, 9.17) is 11.6 Å². The van der Waals surface area contributed by atoms with Crippen molar-refractivity contribution in [2.75, 3.05) is 5.32 Å². The lowest BCUT2D eigenvalue weighted by molar-refractivity contribution is 0.102. The average molecular weight is 342 g/mol. The number of anilines is 1. The maximum Gasteiger partial charge on any atom is 0.274 e. The van der Waals surface area contributed by atoms with Gasteiger partial charge < -0.3 is 5.32 Å². The van der Waals surface area contributed by atoms with Crippen LogP contribution in [0.4, 0.5) is 5.69 Å². The van der Waals surface area contributed by atoms with Gasteiger partial charge in [0.15, 0.2) is 0 Å². The van der Waals surface area contributed by atoms with E-state index in [1.54, 1.807) is 6.07 Å². The first kappa shape index (κ1) is 16.5. The zero-order valence-corrected chi connectivity index (χ0v) is 14.8. The Labute approximate surface area is 146 Å². The van der Waals surface area contributed by atoms with Gasteiger partial charge in [0.05, 0.1) is 5.69 Å². The lowest BCUT2D eigenvalue weighted by Crippen LogP contribution is -2.17. The van der Waals surface area contributed by atoms with Crippen molar-refractivity contribution in [1.82, 2.24) is 9.38 Å². The molecule has 2 aromatic heterocycles. The van der Waals surface area contributed by atoms with Crippen molar-refractivity contribution in [3.8, 4) is 0 Å². The second-order valence-electron chi connectivity index (χ2n) is 6.00. The van der Waals surface area contributed by atoms with E-state index >= 15 is 0 Å². The third-order valence-electron chi connectivity index (χ3n) is 3.99. The third-order valence-corrected chi connectivity index (χ3v) is 4.23. The number of aromatic nitrogens is 2. The molecule has 0 unspecified atom stereocenters. The number of pyridine rings is 1. The number of hydrogen-bond acceptors (Lipinski definition) is 2. The topological polar surface area (TPSA) is 46.4 Å². The molecular formula is C19H20ClN3O. The third kappa shape index (κ3) is 3.15. The normalized spacial score (nSPS) is 11.0. The molecule has 3 aromatic rings. The number of nitrogens with one attached hydrogen (secondary N) is 1. The number of carbonyl (C=O) groups excluding carboxylic acids is 1. The molecule has 0 saturated carbocycles. The van der Waals surface area contributed by atoms with E-state index in [1.807, 2.05) is 48.7 Å². The second-order valence-corrected chi connectivity index (χ2v) is 6.44. The monoisotopic (exact) mass is 341 g/mol. The highest BCUT2D eigenvalue weighted by molar-refractivity contribution is 6.30. The van der Waals surface area contributed by atoms with Crippen molar-refractivity contribution in [3.63, 3.8) is 0 Å². The van der Waals surface area contributed by atoms with Crippen LogP contribution in [0.15, 0.2) is 36.5 Å². The predicted molar refractivity (Wildman–Crippen MR) is 98.1 cm³/mol. The highest BCUT2D eigenvalue weighted by atomic mass is 35.5. The predicted octanol–water partition coefficient (Wildman–Crippen LogP) is 4.81. The van der Waals surface area contributed by atoms with Crippen molar-refractivity contribution in [3.05, 3.63) is 64.1 Å². The number of benzene rings is 1. The lowest BCUT2D eigenvalue weighted by Gasteiger charge is -2.10. The minimum atomic E-state index is -0.153. The molecule has 5 heteroatoms. The number of amides is 1.